The summed E-state index contributed by atoms with van der Waals surface area (Å²) < 4.78 is 33.5. The van der Waals surface area contributed by atoms with Crippen LogP contribution < -0.4 is 0 Å². The number of amides is 1. The molecule has 1 aromatic heterocycles. The Morgan fingerprint density at radius 1 is 1.17 bits per heavy atom. The molecule has 0 saturated carbocycles. The van der Waals surface area contributed by atoms with E-state index in [4.69, 9.17) is 4.74 Å². The van der Waals surface area contributed by atoms with Crippen LogP contribution in [0.5, 0.6) is 0 Å². The van der Waals surface area contributed by atoms with Gasteiger partial charge in [-0.1, -0.05) is 38.1 Å². The monoisotopic (exact) mass is 433 g/mol. The third kappa shape index (κ3) is 3.87. The lowest BCUT2D eigenvalue weighted by molar-refractivity contribution is -0.146. The van der Waals surface area contributed by atoms with Gasteiger partial charge in [0.15, 0.2) is 0 Å². The number of esters is 1. The van der Waals surface area contributed by atoms with Crippen LogP contribution in [0.15, 0.2) is 41.4 Å². The van der Waals surface area contributed by atoms with Crippen molar-refractivity contribution in [2.24, 2.45) is 7.05 Å². The molecule has 1 amide bonds. The Labute approximate surface area is 177 Å². The summed E-state index contributed by atoms with van der Waals surface area (Å²) in [7, 11) is -0.781. The molecule has 30 heavy (non-hydrogen) atoms. The number of fused-ring (bicyclic) bond motifs is 1. The zero-order valence-corrected chi connectivity index (χ0v) is 18.5. The van der Waals surface area contributed by atoms with Gasteiger partial charge in [0, 0.05) is 39.3 Å². The molecule has 2 heterocycles. The molecule has 1 unspecified atom stereocenters. The van der Waals surface area contributed by atoms with E-state index in [2.05, 4.69) is 0 Å². The standard InChI is InChI=1S/C21H27N3O5S/c1-5-23(6-2)30(27,28)17-12-18(22(3)14-17)20(25)24-13-16-10-8-7-9-15(16)11-19(24)21(26)29-4/h7-10,12,14,19H,5-6,11,13H2,1-4H3. The first kappa shape index (κ1) is 22.0. The number of methoxy groups -OCH3 is 1. The van der Waals surface area contributed by atoms with Crippen molar-refractivity contribution >= 4 is 21.9 Å². The fourth-order valence-electron chi connectivity index (χ4n) is 3.83. The van der Waals surface area contributed by atoms with Gasteiger partial charge in [-0.2, -0.15) is 4.31 Å². The SMILES string of the molecule is CCN(CC)S(=O)(=O)c1cc(C(=O)N2Cc3ccccc3CC2C(=O)OC)n(C)c1. The zero-order valence-electron chi connectivity index (χ0n) is 17.7. The maximum absolute atomic E-state index is 13.4. The number of nitrogens with zero attached hydrogens (tertiary/aromatic N) is 3. The largest absolute Gasteiger partial charge is 0.467 e. The molecule has 1 aliphatic rings. The molecule has 8 nitrogen and oxygen atoms in total. The van der Waals surface area contributed by atoms with Crippen LogP contribution in [0.2, 0.25) is 0 Å². The minimum Gasteiger partial charge on any atom is -0.467 e. The second-order valence-electron chi connectivity index (χ2n) is 7.21. The molecule has 2 aromatic rings. The summed E-state index contributed by atoms with van der Waals surface area (Å²) in [6.07, 6.45) is 1.79. The molecule has 3 rings (SSSR count). The number of ether oxygens (including phenoxy) is 1. The predicted molar refractivity (Wildman–Crippen MR) is 111 cm³/mol. The third-order valence-electron chi connectivity index (χ3n) is 5.52. The summed E-state index contributed by atoms with van der Waals surface area (Å²) in [4.78, 5) is 27.3. The molecule has 0 radical (unpaired) electrons. The van der Waals surface area contributed by atoms with Gasteiger partial charge in [-0.05, 0) is 17.2 Å². The Kier molecular flexibility index (Phi) is 6.33. The van der Waals surface area contributed by atoms with Crippen LogP contribution in [0, 0.1) is 0 Å². The van der Waals surface area contributed by atoms with Crippen LogP contribution in [0.4, 0.5) is 0 Å². The average molecular weight is 434 g/mol. The number of benzene rings is 1. The van der Waals surface area contributed by atoms with Crippen molar-refractivity contribution < 1.29 is 22.7 Å². The average Bonchev–Trinajstić information content (AvgIpc) is 3.14. The Bertz CT molecular complexity index is 1060. The van der Waals surface area contributed by atoms with Gasteiger partial charge in [-0.15, -0.1) is 0 Å². The summed E-state index contributed by atoms with van der Waals surface area (Å²) >= 11 is 0. The first-order valence-corrected chi connectivity index (χ1v) is 11.3. The quantitative estimate of drug-likeness (QED) is 0.648. The van der Waals surface area contributed by atoms with Crippen molar-refractivity contribution in [3.63, 3.8) is 0 Å². The predicted octanol–water partition coefficient (Wildman–Crippen LogP) is 1.80. The van der Waals surface area contributed by atoms with Crippen LogP contribution in [0.25, 0.3) is 0 Å². The van der Waals surface area contributed by atoms with Gasteiger partial charge in [-0.3, -0.25) is 4.79 Å². The molecule has 0 bridgehead atoms. The van der Waals surface area contributed by atoms with E-state index in [1.807, 2.05) is 24.3 Å². The highest BCUT2D eigenvalue weighted by molar-refractivity contribution is 7.89. The molecule has 0 spiro atoms. The van der Waals surface area contributed by atoms with Gasteiger partial charge in [0.25, 0.3) is 5.91 Å². The van der Waals surface area contributed by atoms with Gasteiger partial charge in [0.1, 0.15) is 16.6 Å². The summed E-state index contributed by atoms with van der Waals surface area (Å²) in [5.41, 5.74) is 2.15. The highest BCUT2D eigenvalue weighted by Crippen LogP contribution is 2.27. The van der Waals surface area contributed by atoms with Crippen LogP contribution in [0.3, 0.4) is 0 Å². The number of carbonyl (C=O) groups is 2. The Morgan fingerprint density at radius 2 is 1.80 bits per heavy atom. The number of sulfonamides is 1. The molecule has 1 atom stereocenters. The number of rotatable bonds is 6. The number of hydrogen-bond acceptors (Lipinski definition) is 5. The Hall–Kier alpha value is -2.65. The van der Waals surface area contributed by atoms with Gasteiger partial charge >= 0.3 is 5.97 Å². The fraction of sp³-hybridized carbons (Fsp3) is 0.429. The number of hydrogen-bond donors (Lipinski definition) is 0. The zero-order chi connectivity index (χ0) is 22.1. The normalized spacial score (nSPS) is 16.4. The smallest absolute Gasteiger partial charge is 0.328 e. The van der Waals surface area contributed by atoms with Crippen LogP contribution in [0.1, 0.15) is 35.5 Å². The minimum absolute atomic E-state index is 0.0593. The summed E-state index contributed by atoms with van der Waals surface area (Å²) in [6, 6.07) is 8.25. The molecule has 0 fully saturated rings. The molecule has 9 heteroatoms. The number of aromatic nitrogens is 1. The molecule has 0 N–H and O–H groups in total. The maximum Gasteiger partial charge on any atom is 0.328 e. The minimum atomic E-state index is -3.70. The first-order chi connectivity index (χ1) is 14.2. The molecular formula is C21H27N3O5S. The van der Waals surface area contributed by atoms with Gasteiger partial charge < -0.3 is 14.2 Å². The maximum atomic E-state index is 13.4. The van der Waals surface area contributed by atoms with E-state index < -0.39 is 27.9 Å². The fourth-order valence-corrected chi connectivity index (χ4v) is 5.36. The van der Waals surface area contributed by atoms with Crippen molar-refractivity contribution in [2.75, 3.05) is 20.2 Å². The van der Waals surface area contributed by atoms with E-state index in [0.29, 0.717) is 19.5 Å². The van der Waals surface area contributed by atoms with E-state index in [-0.39, 0.29) is 17.1 Å². The van der Waals surface area contributed by atoms with E-state index in [0.717, 1.165) is 11.1 Å². The van der Waals surface area contributed by atoms with Crippen LogP contribution >= 0.6 is 0 Å². The Morgan fingerprint density at radius 3 is 2.40 bits per heavy atom. The lowest BCUT2D eigenvalue weighted by atomic mass is 9.93. The van der Waals surface area contributed by atoms with Crippen molar-refractivity contribution in [3.8, 4) is 0 Å². The van der Waals surface area contributed by atoms with Gasteiger partial charge in [0.2, 0.25) is 10.0 Å². The molecule has 1 aromatic carbocycles. The van der Waals surface area contributed by atoms with Crippen molar-refractivity contribution in [1.82, 2.24) is 13.8 Å². The molecule has 0 aliphatic carbocycles. The molecule has 162 valence electrons. The lowest BCUT2D eigenvalue weighted by Gasteiger charge is -2.35. The van der Waals surface area contributed by atoms with Crippen molar-refractivity contribution in [3.05, 3.63) is 53.3 Å². The highest BCUT2D eigenvalue weighted by atomic mass is 32.2. The molecule has 0 saturated heterocycles. The van der Waals surface area contributed by atoms with E-state index >= 15 is 0 Å². The second-order valence-corrected chi connectivity index (χ2v) is 9.14. The van der Waals surface area contributed by atoms with Crippen LogP contribution in [-0.4, -0.2) is 60.3 Å². The van der Waals surface area contributed by atoms with E-state index in [1.165, 1.54) is 33.1 Å². The van der Waals surface area contributed by atoms with Gasteiger partial charge in [-0.25, -0.2) is 13.2 Å². The van der Waals surface area contributed by atoms with Crippen molar-refractivity contribution in [2.45, 2.75) is 37.8 Å². The lowest BCUT2D eigenvalue weighted by Crippen LogP contribution is -2.49. The highest BCUT2D eigenvalue weighted by Gasteiger charge is 2.37. The molecular weight excluding hydrogens is 406 g/mol. The third-order valence-corrected chi connectivity index (χ3v) is 7.54. The van der Waals surface area contributed by atoms with Crippen LogP contribution in [-0.2, 0) is 39.6 Å². The number of carbonyl (C=O) groups excluding carboxylic acids is 2. The number of aryl methyl sites for hydroxylation is 1. The molecule has 1 aliphatic heterocycles. The van der Waals surface area contributed by atoms with Gasteiger partial charge in [0.05, 0.1) is 7.11 Å². The van der Waals surface area contributed by atoms with E-state index in [1.54, 1.807) is 20.9 Å². The summed E-state index contributed by atoms with van der Waals surface area (Å²) in [6.45, 7) is 4.46. The van der Waals surface area contributed by atoms with Crippen molar-refractivity contribution in [1.29, 1.82) is 0 Å². The first-order valence-electron chi connectivity index (χ1n) is 9.86. The Balaban J connectivity index is 1.99. The van der Waals surface area contributed by atoms with E-state index in [9.17, 15) is 18.0 Å². The topological polar surface area (TPSA) is 88.9 Å². The summed E-state index contributed by atoms with van der Waals surface area (Å²) in [5, 5.41) is 0. The second kappa shape index (κ2) is 8.61. The summed E-state index contributed by atoms with van der Waals surface area (Å²) in [5.74, 6) is -0.911.